The van der Waals surface area contributed by atoms with Crippen molar-refractivity contribution in [2.45, 2.75) is 32.9 Å². The molecule has 1 aromatic rings. The van der Waals surface area contributed by atoms with Gasteiger partial charge >= 0.3 is 0 Å². The molecule has 21 heavy (non-hydrogen) atoms. The summed E-state index contributed by atoms with van der Waals surface area (Å²) >= 11 is 0. The molecule has 0 aliphatic carbocycles. The Balaban J connectivity index is 2.31. The van der Waals surface area contributed by atoms with E-state index in [-0.39, 0.29) is 17.8 Å². The molecule has 0 aromatic heterocycles. The number of guanidine groups is 1. The molecule has 0 saturated heterocycles. The van der Waals surface area contributed by atoms with Crippen molar-refractivity contribution >= 4 is 11.9 Å². The fourth-order valence-corrected chi connectivity index (χ4v) is 1.74. The first-order chi connectivity index (χ1) is 10.0. The third kappa shape index (κ3) is 7.29. The van der Waals surface area contributed by atoms with E-state index in [0.29, 0.717) is 25.5 Å². The number of nitrogens with zero attached hydrogens (tertiary/aromatic N) is 1. The monoisotopic (exact) mass is 294 g/mol. The van der Waals surface area contributed by atoms with E-state index < -0.39 is 0 Å². The van der Waals surface area contributed by atoms with E-state index >= 15 is 0 Å². The van der Waals surface area contributed by atoms with Gasteiger partial charge in [-0.15, -0.1) is 0 Å². The van der Waals surface area contributed by atoms with Crippen molar-refractivity contribution < 1.29 is 9.18 Å². The number of nitrogens with one attached hydrogen (secondary N) is 3. The standard InChI is InChI=1S/C15H23FN4O/c1-11(2)20-14(21)7-8-18-15(17-3)19-10-12-5-4-6-13(16)9-12/h4-6,9,11H,7-8,10H2,1-3H3,(H,20,21)(H2,17,18,19). The lowest BCUT2D eigenvalue weighted by Crippen LogP contribution is -2.39. The number of hydrogen-bond acceptors (Lipinski definition) is 2. The van der Waals surface area contributed by atoms with Crippen LogP contribution in [0, 0.1) is 5.82 Å². The quantitative estimate of drug-likeness (QED) is 0.549. The summed E-state index contributed by atoms with van der Waals surface area (Å²) in [6, 6.07) is 6.52. The topological polar surface area (TPSA) is 65.5 Å². The highest BCUT2D eigenvalue weighted by molar-refractivity contribution is 5.81. The molecule has 0 atom stereocenters. The van der Waals surface area contributed by atoms with Crippen molar-refractivity contribution in [3.63, 3.8) is 0 Å². The summed E-state index contributed by atoms with van der Waals surface area (Å²) in [5, 5.41) is 8.93. The highest BCUT2D eigenvalue weighted by Crippen LogP contribution is 2.02. The number of carbonyl (C=O) groups excluding carboxylic acids is 1. The number of aliphatic imine (C=N–C) groups is 1. The van der Waals surface area contributed by atoms with Crippen molar-refractivity contribution in [1.82, 2.24) is 16.0 Å². The van der Waals surface area contributed by atoms with Crippen LogP contribution in [0.15, 0.2) is 29.3 Å². The van der Waals surface area contributed by atoms with Gasteiger partial charge in [-0.2, -0.15) is 0 Å². The summed E-state index contributed by atoms with van der Waals surface area (Å²) < 4.78 is 13.1. The number of halogens is 1. The van der Waals surface area contributed by atoms with Gasteiger partial charge in [0.2, 0.25) is 5.91 Å². The van der Waals surface area contributed by atoms with Crippen LogP contribution in [0.3, 0.4) is 0 Å². The highest BCUT2D eigenvalue weighted by atomic mass is 19.1. The van der Waals surface area contributed by atoms with E-state index in [9.17, 15) is 9.18 Å². The molecule has 1 amide bonds. The number of rotatable bonds is 6. The van der Waals surface area contributed by atoms with E-state index in [4.69, 9.17) is 0 Å². The first kappa shape index (κ1) is 16.9. The Morgan fingerprint density at radius 3 is 2.71 bits per heavy atom. The zero-order valence-electron chi connectivity index (χ0n) is 12.7. The molecule has 0 unspecified atom stereocenters. The largest absolute Gasteiger partial charge is 0.356 e. The zero-order valence-corrected chi connectivity index (χ0v) is 12.7. The van der Waals surface area contributed by atoms with Crippen LogP contribution < -0.4 is 16.0 Å². The van der Waals surface area contributed by atoms with Gasteiger partial charge in [0.05, 0.1) is 0 Å². The maximum absolute atomic E-state index is 13.1. The second-order valence-electron chi connectivity index (χ2n) is 4.95. The van der Waals surface area contributed by atoms with Crippen molar-refractivity contribution in [3.05, 3.63) is 35.6 Å². The van der Waals surface area contributed by atoms with Crippen LogP contribution in [-0.4, -0.2) is 31.5 Å². The van der Waals surface area contributed by atoms with Crippen molar-refractivity contribution in [2.24, 2.45) is 4.99 Å². The van der Waals surface area contributed by atoms with Crippen LogP contribution in [0.25, 0.3) is 0 Å². The molecule has 0 spiro atoms. The number of benzene rings is 1. The number of carbonyl (C=O) groups is 1. The molecule has 0 aliphatic heterocycles. The smallest absolute Gasteiger partial charge is 0.221 e. The summed E-state index contributed by atoms with van der Waals surface area (Å²) in [5.41, 5.74) is 0.829. The first-order valence-electron chi connectivity index (χ1n) is 6.99. The Morgan fingerprint density at radius 2 is 2.10 bits per heavy atom. The van der Waals surface area contributed by atoms with Crippen LogP contribution >= 0.6 is 0 Å². The molecular formula is C15H23FN4O. The minimum absolute atomic E-state index is 0.00177. The third-order valence-corrected chi connectivity index (χ3v) is 2.67. The first-order valence-corrected chi connectivity index (χ1v) is 6.99. The fraction of sp³-hybridized carbons (Fsp3) is 0.467. The van der Waals surface area contributed by atoms with Crippen molar-refractivity contribution in [1.29, 1.82) is 0 Å². The van der Waals surface area contributed by atoms with Gasteiger partial charge in [-0.25, -0.2) is 4.39 Å². The molecule has 6 heteroatoms. The van der Waals surface area contributed by atoms with E-state index in [1.165, 1.54) is 12.1 Å². The van der Waals surface area contributed by atoms with Gasteiger partial charge in [-0.05, 0) is 31.5 Å². The summed E-state index contributed by atoms with van der Waals surface area (Å²) in [6.45, 7) is 4.80. The molecule has 116 valence electrons. The molecule has 0 saturated carbocycles. The number of amides is 1. The summed E-state index contributed by atoms with van der Waals surface area (Å²) in [5.74, 6) is 0.317. The Morgan fingerprint density at radius 1 is 1.33 bits per heavy atom. The fourth-order valence-electron chi connectivity index (χ4n) is 1.74. The molecule has 0 bridgehead atoms. The van der Waals surface area contributed by atoms with Gasteiger partial charge in [0.25, 0.3) is 0 Å². The lowest BCUT2D eigenvalue weighted by Gasteiger charge is -2.12. The molecule has 0 heterocycles. The summed E-state index contributed by atoms with van der Waals surface area (Å²) in [7, 11) is 1.65. The Bertz CT molecular complexity index is 488. The third-order valence-electron chi connectivity index (χ3n) is 2.67. The van der Waals surface area contributed by atoms with Crippen molar-refractivity contribution in [2.75, 3.05) is 13.6 Å². The molecule has 0 aliphatic rings. The van der Waals surface area contributed by atoms with Gasteiger partial charge in [0, 0.05) is 32.6 Å². The Hall–Kier alpha value is -2.11. The normalized spacial score (nSPS) is 11.4. The molecule has 5 nitrogen and oxygen atoms in total. The van der Waals surface area contributed by atoms with Crippen LogP contribution in [0.1, 0.15) is 25.8 Å². The van der Waals surface area contributed by atoms with Crippen LogP contribution in [0.2, 0.25) is 0 Å². The summed E-state index contributed by atoms with van der Waals surface area (Å²) in [6.07, 6.45) is 0.374. The van der Waals surface area contributed by atoms with Crippen LogP contribution in [0.4, 0.5) is 4.39 Å². The van der Waals surface area contributed by atoms with Gasteiger partial charge in [0.1, 0.15) is 5.82 Å². The predicted molar refractivity (Wildman–Crippen MR) is 82.5 cm³/mol. The van der Waals surface area contributed by atoms with Crippen LogP contribution in [-0.2, 0) is 11.3 Å². The highest BCUT2D eigenvalue weighted by Gasteiger charge is 2.04. The summed E-state index contributed by atoms with van der Waals surface area (Å²) in [4.78, 5) is 15.5. The maximum Gasteiger partial charge on any atom is 0.221 e. The van der Waals surface area contributed by atoms with E-state index in [1.54, 1.807) is 13.1 Å². The average molecular weight is 294 g/mol. The van der Waals surface area contributed by atoms with E-state index in [2.05, 4.69) is 20.9 Å². The van der Waals surface area contributed by atoms with E-state index in [1.807, 2.05) is 19.9 Å². The number of hydrogen-bond donors (Lipinski definition) is 3. The second kappa shape index (κ2) is 8.94. The van der Waals surface area contributed by atoms with Gasteiger partial charge in [0.15, 0.2) is 5.96 Å². The molecule has 1 aromatic carbocycles. The van der Waals surface area contributed by atoms with Gasteiger partial charge in [-0.1, -0.05) is 12.1 Å². The molecule has 1 rings (SSSR count). The molecular weight excluding hydrogens is 271 g/mol. The van der Waals surface area contributed by atoms with Crippen LogP contribution in [0.5, 0.6) is 0 Å². The molecule has 0 radical (unpaired) electrons. The van der Waals surface area contributed by atoms with Gasteiger partial charge < -0.3 is 16.0 Å². The Labute approximate surface area is 125 Å². The van der Waals surface area contributed by atoms with Gasteiger partial charge in [-0.3, -0.25) is 9.79 Å². The molecule has 3 N–H and O–H groups in total. The molecule has 0 fully saturated rings. The second-order valence-corrected chi connectivity index (χ2v) is 4.95. The SMILES string of the molecule is CN=C(NCCC(=O)NC(C)C)NCc1cccc(F)c1. The zero-order chi connectivity index (χ0) is 15.7. The van der Waals surface area contributed by atoms with Crippen molar-refractivity contribution in [3.8, 4) is 0 Å². The van der Waals surface area contributed by atoms with E-state index in [0.717, 1.165) is 5.56 Å². The lowest BCUT2D eigenvalue weighted by molar-refractivity contribution is -0.121. The Kier molecular flexibility index (Phi) is 7.21. The minimum atomic E-state index is -0.261. The lowest BCUT2D eigenvalue weighted by atomic mass is 10.2. The predicted octanol–water partition coefficient (Wildman–Crippen LogP) is 1.41. The maximum atomic E-state index is 13.1. The average Bonchev–Trinajstić information content (AvgIpc) is 2.41. The minimum Gasteiger partial charge on any atom is -0.356 e.